The molecule has 26 heavy (non-hydrogen) atoms. The highest BCUT2D eigenvalue weighted by Crippen LogP contribution is 2.25. The Morgan fingerprint density at radius 3 is 1.96 bits per heavy atom. The molecule has 0 saturated carbocycles. The van der Waals surface area contributed by atoms with Crippen molar-refractivity contribution in [2.75, 3.05) is 6.61 Å². The van der Waals surface area contributed by atoms with Crippen molar-refractivity contribution in [1.29, 1.82) is 0 Å². The Labute approximate surface area is 160 Å². The van der Waals surface area contributed by atoms with E-state index in [0.29, 0.717) is 0 Å². The van der Waals surface area contributed by atoms with Crippen LogP contribution in [0.3, 0.4) is 0 Å². The summed E-state index contributed by atoms with van der Waals surface area (Å²) in [6, 6.07) is 13.7. The highest BCUT2D eigenvalue weighted by molar-refractivity contribution is 5.44. The number of benzene rings is 2. The molecule has 142 valence electrons. The molecule has 0 N–H and O–H groups in total. The summed E-state index contributed by atoms with van der Waals surface area (Å²) in [4.78, 5) is 0. The Hall–Kier alpha value is -1.76. The molecule has 2 aromatic carbocycles. The Morgan fingerprint density at radius 2 is 1.31 bits per heavy atom. The van der Waals surface area contributed by atoms with Crippen LogP contribution >= 0.6 is 0 Å². The molecule has 0 amide bonds. The lowest BCUT2D eigenvalue weighted by atomic mass is 9.96. The second-order valence-corrected chi connectivity index (χ2v) is 7.45. The summed E-state index contributed by atoms with van der Waals surface area (Å²) in [5.74, 6) is 1.05. The minimum Gasteiger partial charge on any atom is -0.493 e. The predicted octanol–water partition coefficient (Wildman–Crippen LogP) is 7.00. The SMILES string of the molecule is CCCCCc1ccc(CCc2ccc(OCCCC)c(C)c2C)cc1. The van der Waals surface area contributed by atoms with E-state index in [9.17, 15) is 0 Å². The zero-order chi connectivity index (χ0) is 18.8. The van der Waals surface area contributed by atoms with E-state index >= 15 is 0 Å². The van der Waals surface area contributed by atoms with Gasteiger partial charge in [0.1, 0.15) is 5.75 Å². The maximum absolute atomic E-state index is 5.93. The Kier molecular flexibility index (Phi) is 8.74. The number of ether oxygens (including phenoxy) is 1. The van der Waals surface area contributed by atoms with Gasteiger partial charge in [-0.3, -0.25) is 0 Å². The maximum Gasteiger partial charge on any atom is 0.122 e. The third-order valence-corrected chi connectivity index (χ3v) is 5.38. The number of rotatable bonds is 11. The van der Waals surface area contributed by atoms with Gasteiger partial charge in [-0.2, -0.15) is 0 Å². The first kappa shape index (κ1) is 20.6. The van der Waals surface area contributed by atoms with Crippen molar-refractivity contribution in [1.82, 2.24) is 0 Å². The standard InChI is InChI=1S/C25H36O/c1-5-7-9-10-22-11-13-23(14-12-22)15-16-24-17-18-25(21(4)20(24)3)26-19-8-6-2/h11-14,17-18H,5-10,15-16,19H2,1-4H3. The van der Waals surface area contributed by atoms with Gasteiger partial charge in [-0.1, -0.05) is 63.4 Å². The van der Waals surface area contributed by atoms with Gasteiger partial charge in [-0.05, 0) is 79.8 Å². The van der Waals surface area contributed by atoms with Crippen LogP contribution in [0.25, 0.3) is 0 Å². The molecule has 1 nitrogen and oxygen atoms in total. The van der Waals surface area contributed by atoms with Crippen molar-refractivity contribution in [3.8, 4) is 5.75 Å². The normalized spacial score (nSPS) is 10.9. The second-order valence-electron chi connectivity index (χ2n) is 7.45. The molecule has 0 aliphatic carbocycles. The van der Waals surface area contributed by atoms with Crippen LogP contribution in [0.1, 0.15) is 73.8 Å². The average Bonchev–Trinajstić information content (AvgIpc) is 2.66. The van der Waals surface area contributed by atoms with Crippen LogP contribution in [0, 0.1) is 13.8 Å². The molecule has 2 rings (SSSR count). The van der Waals surface area contributed by atoms with Crippen LogP contribution in [0.2, 0.25) is 0 Å². The lowest BCUT2D eigenvalue weighted by Crippen LogP contribution is -2.02. The van der Waals surface area contributed by atoms with Gasteiger partial charge in [0.25, 0.3) is 0 Å². The summed E-state index contributed by atoms with van der Waals surface area (Å²) in [7, 11) is 0. The molecule has 2 aromatic rings. The average molecular weight is 353 g/mol. The van der Waals surface area contributed by atoms with Crippen LogP contribution < -0.4 is 4.74 Å². The number of hydrogen-bond acceptors (Lipinski definition) is 1. The fourth-order valence-corrected chi connectivity index (χ4v) is 3.34. The predicted molar refractivity (Wildman–Crippen MR) is 113 cm³/mol. The Morgan fingerprint density at radius 1 is 0.654 bits per heavy atom. The first-order chi connectivity index (χ1) is 12.7. The summed E-state index contributed by atoms with van der Waals surface area (Å²) >= 11 is 0. The highest BCUT2D eigenvalue weighted by Gasteiger charge is 2.08. The van der Waals surface area contributed by atoms with Gasteiger partial charge in [0.05, 0.1) is 6.61 Å². The maximum atomic E-state index is 5.93. The Bertz CT molecular complexity index is 655. The van der Waals surface area contributed by atoms with E-state index in [4.69, 9.17) is 4.74 Å². The summed E-state index contributed by atoms with van der Waals surface area (Å²) in [6.45, 7) is 9.69. The van der Waals surface area contributed by atoms with Crippen LogP contribution in [0.15, 0.2) is 36.4 Å². The third-order valence-electron chi connectivity index (χ3n) is 5.38. The lowest BCUT2D eigenvalue weighted by molar-refractivity contribution is 0.307. The molecule has 0 spiro atoms. The third kappa shape index (κ3) is 6.20. The van der Waals surface area contributed by atoms with E-state index in [0.717, 1.165) is 31.6 Å². The van der Waals surface area contributed by atoms with Crippen LogP contribution in [-0.4, -0.2) is 6.61 Å². The van der Waals surface area contributed by atoms with E-state index < -0.39 is 0 Å². The summed E-state index contributed by atoms with van der Waals surface area (Å²) in [6.07, 6.45) is 9.63. The van der Waals surface area contributed by atoms with Crippen molar-refractivity contribution in [2.24, 2.45) is 0 Å². The molecule has 0 heterocycles. The molecule has 0 aliphatic heterocycles. The van der Waals surface area contributed by atoms with E-state index in [1.54, 1.807) is 0 Å². The molecule has 0 radical (unpaired) electrons. The number of unbranched alkanes of at least 4 members (excludes halogenated alkanes) is 3. The lowest BCUT2D eigenvalue weighted by Gasteiger charge is -2.14. The van der Waals surface area contributed by atoms with E-state index in [-0.39, 0.29) is 0 Å². The molecule has 0 atom stereocenters. The molecule has 0 bridgehead atoms. The topological polar surface area (TPSA) is 9.23 Å². The van der Waals surface area contributed by atoms with Gasteiger partial charge in [0, 0.05) is 0 Å². The molecule has 1 heteroatoms. The minimum atomic E-state index is 0.820. The molecular weight excluding hydrogens is 316 g/mol. The number of aryl methyl sites for hydroxylation is 3. The zero-order valence-corrected chi connectivity index (χ0v) is 17.2. The van der Waals surface area contributed by atoms with Crippen LogP contribution in [-0.2, 0) is 19.3 Å². The Balaban J connectivity index is 1.91. The van der Waals surface area contributed by atoms with E-state index in [1.807, 2.05) is 0 Å². The summed E-state index contributed by atoms with van der Waals surface area (Å²) in [5, 5.41) is 0. The highest BCUT2D eigenvalue weighted by atomic mass is 16.5. The zero-order valence-electron chi connectivity index (χ0n) is 17.2. The molecular formula is C25H36O. The first-order valence-corrected chi connectivity index (χ1v) is 10.4. The van der Waals surface area contributed by atoms with Crippen molar-refractivity contribution >= 4 is 0 Å². The van der Waals surface area contributed by atoms with Gasteiger partial charge in [-0.25, -0.2) is 0 Å². The van der Waals surface area contributed by atoms with Crippen molar-refractivity contribution in [3.05, 3.63) is 64.2 Å². The van der Waals surface area contributed by atoms with Gasteiger partial charge in [0.2, 0.25) is 0 Å². The first-order valence-electron chi connectivity index (χ1n) is 10.4. The fraction of sp³-hybridized carbons (Fsp3) is 0.520. The van der Waals surface area contributed by atoms with Gasteiger partial charge >= 0.3 is 0 Å². The monoisotopic (exact) mass is 352 g/mol. The quantitative estimate of drug-likeness (QED) is 0.396. The summed E-state index contributed by atoms with van der Waals surface area (Å²) < 4.78 is 5.93. The number of hydrogen-bond donors (Lipinski definition) is 0. The van der Waals surface area contributed by atoms with Crippen molar-refractivity contribution in [3.63, 3.8) is 0 Å². The fourth-order valence-electron chi connectivity index (χ4n) is 3.34. The van der Waals surface area contributed by atoms with Crippen molar-refractivity contribution < 1.29 is 4.74 Å². The molecule has 0 aliphatic rings. The van der Waals surface area contributed by atoms with Crippen LogP contribution in [0.5, 0.6) is 5.75 Å². The minimum absolute atomic E-state index is 0.820. The van der Waals surface area contributed by atoms with Gasteiger partial charge in [0.15, 0.2) is 0 Å². The van der Waals surface area contributed by atoms with Crippen molar-refractivity contribution in [2.45, 2.75) is 79.1 Å². The van der Waals surface area contributed by atoms with Gasteiger partial charge in [-0.15, -0.1) is 0 Å². The summed E-state index contributed by atoms with van der Waals surface area (Å²) in [5.41, 5.74) is 7.03. The molecule has 0 fully saturated rings. The second kappa shape index (κ2) is 11.1. The molecule has 0 unspecified atom stereocenters. The van der Waals surface area contributed by atoms with E-state index in [1.165, 1.54) is 59.9 Å². The van der Waals surface area contributed by atoms with Gasteiger partial charge < -0.3 is 4.74 Å². The van der Waals surface area contributed by atoms with E-state index in [2.05, 4.69) is 64.1 Å². The smallest absolute Gasteiger partial charge is 0.122 e. The molecule has 0 aromatic heterocycles. The largest absolute Gasteiger partial charge is 0.493 e. The van der Waals surface area contributed by atoms with Crippen LogP contribution in [0.4, 0.5) is 0 Å². The molecule has 0 saturated heterocycles.